The summed E-state index contributed by atoms with van der Waals surface area (Å²) in [6, 6.07) is 62.0. The quantitative estimate of drug-likeness (QED) is 0.181. The second-order valence-electron chi connectivity index (χ2n) is 16.5. The van der Waals surface area contributed by atoms with E-state index in [1.165, 1.54) is 77.2 Å². The van der Waals surface area contributed by atoms with Crippen LogP contribution < -0.4 is 0 Å². The van der Waals surface area contributed by atoms with Crippen LogP contribution in [0.4, 0.5) is 0 Å². The second kappa shape index (κ2) is 11.9. The fourth-order valence-electron chi connectivity index (χ4n) is 9.84. The molecule has 2 aliphatic carbocycles. The van der Waals surface area contributed by atoms with Crippen molar-refractivity contribution in [3.63, 3.8) is 0 Å². The maximum Gasteiger partial charge on any atom is 0.160 e. The highest BCUT2D eigenvalue weighted by molar-refractivity contribution is 6.09. The molecule has 0 bridgehead atoms. The van der Waals surface area contributed by atoms with Crippen LogP contribution in [-0.4, -0.2) is 9.97 Å². The number of hydrogen-bond acceptors (Lipinski definition) is 2. The number of nitrogens with zero attached hydrogens (tertiary/aromatic N) is 2. The molecule has 56 heavy (non-hydrogen) atoms. The number of hydrogen-bond donors (Lipinski definition) is 0. The second-order valence-corrected chi connectivity index (χ2v) is 16.5. The number of rotatable bonds is 4. The van der Waals surface area contributed by atoms with Crippen LogP contribution in [0.5, 0.6) is 0 Å². The Kier molecular flexibility index (Phi) is 6.98. The van der Waals surface area contributed by atoms with E-state index in [0.29, 0.717) is 0 Å². The van der Waals surface area contributed by atoms with Gasteiger partial charge in [0.25, 0.3) is 0 Å². The molecule has 2 aliphatic rings. The minimum atomic E-state index is -0.154. The van der Waals surface area contributed by atoms with E-state index in [-0.39, 0.29) is 10.8 Å². The topological polar surface area (TPSA) is 25.8 Å². The third kappa shape index (κ3) is 4.69. The Hall–Kier alpha value is -6.64. The zero-order chi connectivity index (χ0) is 37.8. The Balaban J connectivity index is 1.16. The summed E-state index contributed by atoms with van der Waals surface area (Å²) < 4.78 is 0. The Morgan fingerprint density at radius 2 is 0.911 bits per heavy atom. The lowest BCUT2D eigenvalue weighted by atomic mass is 9.80. The normalized spacial score (nSPS) is 14.4. The molecule has 0 aliphatic heterocycles. The molecule has 1 aromatic heterocycles. The molecule has 0 unspecified atom stereocenters. The maximum atomic E-state index is 5.40. The van der Waals surface area contributed by atoms with Gasteiger partial charge in [0, 0.05) is 27.5 Å². The zero-order valence-corrected chi connectivity index (χ0v) is 32.1. The molecule has 2 heteroatoms. The van der Waals surface area contributed by atoms with Crippen molar-refractivity contribution in [2.75, 3.05) is 0 Å². The molecule has 0 radical (unpaired) electrons. The first-order chi connectivity index (χ1) is 27.3. The largest absolute Gasteiger partial charge is 0.228 e. The highest BCUT2D eigenvalue weighted by Crippen LogP contribution is 2.55. The highest BCUT2D eigenvalue weighted by atomic mass is 14.9. The van der Waals surface area contributed by atoms with Crippen LogP contribution in [0, 0.1) is 0 Å². The minimum absolute atomic E-state index is 0.135. The van der Waals surface area contributed by atoms with E-state index in [1.54, 1.807) is 0 Å². The number of benzene rings is 8. The maximum absolute atomic E-state index is 5.40. The zero-order valence-electron chi connectivity index (χ0n) is 32.1. The van der Waals surface area contributed by atoms with Crippen LogP contribution in [0.15, 0.2) is 170 Å². The Morgan fingerprint density at radius 3 is 1.70 bits per heavy atom. The molecule has 0 N–H and O–H groups in total. The lowest BCUT2D eigenvalue weighted by Gasteiger charge is -2.23. The molecule has 2 nitrogen and oxygen atoms in total. The van der Waals surface area contributed by atoms with Crippen molar-refractivity contribution < 1.29 is 0 Å². The lowest BCUT2D eigenvalue weighted by Crippen LogP contribution is -2.15. The van der Waals surface area contributed by atoms with Crippen LogP contribution in [-0.2, 0) is 10.8 Å². The first-order valence-corrected chi connectivity index (χ1v) is 19.7. The molecular weight excluding hydrogens is 677 g/mol. The molecule has 9 aromatic rings. The Morgan fingerprint density at radius 1 is 0.339 bits per heavy atom. The van der Waals surface area contributed by atoms with Crippen LogP contribution in [0.2, 0.25) is 0 Å². The van der Waals surface area contributed by atoms with Crippen molar-refractivity contribution in [1.29, 1.82) is 0 Å². The van der Waals surface area contributed by atoms with Crippen molar-refractivity contribution in [3.8, 4) is 67.3 Å². The standard InChI is InChI=1S/C54H40N2/c1-53(2)44-27-15-14-25-41(44)50-39-24-13-11-22-37(39)42(31-47(50)53)49-32-48(55-52(56-49)33-17-6-5-7-18-33)38-23-12-10-21-36(38)40-26-16-28-45-51(40)43-29-34-19-8-9-20-35(34)30-46(43)54(45,3)4/h5-32H,1-4H3. The highest BCUT2D eigenvalue weighted by Gasteiger charge is 2.39. The molecular formula is C54H40N2. The molecule has 1 heterocycles. The van der Waals surface area contributed by atoms with Gasteiger partial charge in [-0.05, 0) is 101 Å². The summed E-state index contributed by atoms with van der Waals surface area (Å²) in [7, 11) is 0. The average molecular weight is 717 g/mol. The van der Waals surface area contributed by atoms with E-state index in [9.17, 15) is 0 Å². The van der Waals surface area contributed by atoms with Crippen molar-refractivity contribution in [2.24, 2.45) is 0 Å². The van der Waals surface area contributed by atoms with Gasteiger partial charge in [-0.25, -0.2) is 9.97 Å². The van der Waals surface area contributed by atoms with E-state index in [4.69, 9.17) is 9.97 Å². The predicted molar refractivity (Wildman–Crippen MR) is 234 cm³/mol. The van der Waals surface area contributed by atoms with Gasteiger partial charge >= 0.3 is 0 Å². The van der Waals surface area contributed by atoms with E-state index in [0.717, 1.165) is 33.9 Å². The van der Waals surface area contributed by atoms with E-state index in [2.05, 4.69) is 198 Å². The van der Waals surface area contributed by atoms with Gasteiger partial charge in [0.15, 0.2) is 5.82 Å². The summed E-state index contributed by atoms with van der Waals surface area (Å²) in [4.78, 5) is 10.8. The minimum Gasteiger partial charge on any atom is -0.228 e. The molecule has 0 saturated carbocycles. The fourth-order valence-corrected chi connectivity index (χ4v) is 9.84. The molecule has 0 amide bonds. The average Bonchev–Trinajstić information content (AvgIpc) is 3.61. The lowest BCUT2D eigenvalue weighted by molar-refractivity contribution is 0.661. The molecule has 0 saturated heterocycles. The number of aromatic nitrogens is 2. The van der Waals surface area contributed by atoms with E-state index < -0.39 is 0 Å². The van der Waals surface area contributed by atoms with Gasteiger partial charge in [-0.15, -0.1) is 0 Å². The van der Waals surface area contributed by atoms with Gasteiger partial charge < -0.3 is 0 Å². The SMILES string of the molecule is CC1(C)c2cc3ccccc3cc2-c2c(-c3ccccc3-c3cc(-c4cc5c(c6ccccc46)-c4ccccc4C5(C)C)nc(-c4ccccc4)n3)cccc21. The molecule has 11 rings (SSSR count). The molecule has 0 spiro atoms. The Bertz CT molecular complexity index is 3080. The van der Waals surface area contributed by atoms with Crippen LogP contribution in [0.1, 0.15) is 49.9 Å². The van der Waals surface area contributed by atoms with E-state index >= 15 is 0 Å². The molecule has 0 fully saturated rings. The Labute approximate surface area is 328 Å². The summed E-state index contributed by atoms with van der Waals surface area (Å²) in [6.45, 7) is 9.44. The van der Waals surface area contributed by atoms with Crippen molar-refractivity contribution >= 4 is 21.5 Å². The monoisotopic (exact) mass is 716 g/mol. The smallest absolute Gasteiger partial charge is 0.160 e. The van der Waals surface area contributed by atoms with Crippen molar-refractivity contribution in [2.45, 2.75) is 38.5 Å². The van der Waals surface area contributed by atoms with Gasteiger partial charge in [0.2, 0.25) is 0 Å². The van der Waals surface area contributed by atoms with E-state index in [1.807, 2.05) is 0 Å². The molecule has 266 valence electrons. The van der Waals surface area contributed by atoms with Crippen LogP contribution >= 0.6 is 0 Å². The summed E-state index contributed by atoms with van der Waals surface area (Å²) in [5.41, 5.74) is 17.9. The first kappa shape index (κ1) is 32.8. The molecule has 8 aromatic carbocycles. The number of fused-ring (bicyclic) bond motifs is 9. The van der Waals surface area contributed by atoms with Gasteiger partial charge in [-0.3, -0.25) is 0 Å². The van der Waals surface area contributed by atoms with Gasteiger partial charge in [0.1, 0.15) is 0 Å². The molecule has 0 atom stereocenters. The fraction of sp³-hybridized carbons (Fsp3) is 0.111. The third-order valence-corrected chi connectivity index (χ3v) is 12.7. The third-order valence-electron chi connectivity index (χ3n) is 12.7. The van der Waals surface area contributed by atoms with Crippen LogP contribution in [0.25, 0.3) is 88.8 Å². The summed E-state index contributed by atoms with van der Waals surface area (Å²) in [5, 5.41) is 5.00. The van der Waals surface area contributed by atoms with Gasteiger partial charge in [0.05, 0.1) is 11.4 Å². The van der Waals surface area contributed by atoms with Gasteiger partial charge in [-0.2, -0.15) is 0 Å². The van der Waals surface area contributed by atoms with Crippen molar-refractivity contribution in [1.82, 2.24) is 9.97 Å². The van der Waals surface area contributed by atoms with Gasteiger partial charge in [-0.1, -0.05) is 173 Å². The first-order valence-electron chi connectivity index (χ1n) is 19.7. The summed E-state index contributed by atoms with van der Waals surface area (Å²) >= 11 is 0. The summed E-state index contributed by atoms with van der Waals surface area (Å²) in [5.74, 6) is 0.719. The predicted octanol–water partition coefficient (Wildman–Crippen LogP) is 14.1. The van der Waals surface area contributed by atoms with Crippen LogP contribution in [0.3, 0.4) is 0 Å². The van der Waals surface area contributed by atoms with Crippen molar-refractivity contribution in [3.05, 3.63) is 192 Å². The summed E-state index contributed by atoms with van der Waals surface area (Å²) in [6.07, 6.45) is 0.